The fourth-order valence-corrected chi connectivity index (χ4v) is 5.27. The van der Waals surface area contributed by atoms with Crippen molar-refractivity contribution in [3.8, 4) is 0 Å². The second kappa shape index (κ2) is 8.24. The Hall–Kier alpha value is -2.44. The molecule has 0 heterocycles. The summed E-state index contributed by atoms with van der Waals surface area (Å²) in [5, 5.41) is 7.45. The Bertz CT molecular complexity index is 1170. The lowest BCUT2D eigenvalue weighted by Crippen LogP contribution is -2.46. The van der Waals surface area contributed by atoms with Crippen LogP contribution in [0.4, 0.5) is 5.69 Å². The van der Waals surface area contributed by atoms with Crippen molar-refractivity contribution in [1.29, 1.82) is 0 Å². The molecule has 0 atom stereocenters. The number of hydrogen-bond donors (Lipinski definition) is 2. The van der Waals surface area contributed by atoms with Crippen LogP contribution in [0, 0.1) is 5.92 Å². The minimum Gasteiger partial charge on any atom is -0.325 e. The summed E-state index contributed by atoms with van der Waals surface area (Å²) in [6.45, 7) is 5.09. The fourth-order valence-electron chi connectivity index (χ4n) is 4.24. The first-order chi connectivity index (χ1) is 14.7. The average Bonchev–Trinajstić information content (AvgIpc) is 2.73. The van der Waals surface area contributed by atoms with Crippen LogP contribution in [-0.2, 0) is 14.8 Å². The molecule has 1 saturated carbocycles. The number of carbonyl (C=O) groups excluding carboxylic acids is 1. The third-order valence-corrected chi connectivity index (χ3v) is 8.50. The van der Waals surface area contributed by atoms with E-state index in [0.717, 1.165) is 27.2 Å². The van der Waals surface area contributed by atoms with Gasteiger partial charge in [0.15, 0.2) is 0 Å². The van der Waals surface area contributed by atoms with Crippen molar-refractivity contribution in [3.05, 3.63) is 54.6 Å². The topological polar surface area (TPSA) is 75.3 Å². The molecular weight excluding hydrogens is 408 g/mol. The molecule has 0 unspecified atom stereocenters. The van der Waals surface area contributed by atoms with E-state index in [9.17, 15) is 13.2 Å². The highest BCUT2D eigenvalue weighted by atomic mass is 32.2. The van der Waals surface area contributed by atoms with Gasteiger partial charge in [-0.3, -0.25) is 4.79 Å². The van der Waals surface area contributed by atoms with Crippen molar-refractivity contribution in [1.82, 2.24) is 4.72 Å². The molecule has 6 heteroatoms. The van der Waals surface area contributed by atoms with Crippen molar-refractivity contribution in [3.63, 3.8) is 0 Å². The summed E-state index contributed by atoms with van der Waals surface area (Å²) in [4.78, 5) is 13.2. The zero-order chi connectivity index (χ0) is 22.2. The molecule has 0 aliphatic heterocycles. The number of sulfonamides is 1. The van der Waals surface area contributed by atoms with Gasteiger partial charge in [0.05, 0.1) is 10.4 Å². The molecular formula is C25H30N2O3S. The third-order valence-electron chi connectivity index (χ3n) is 6.25. The third kappa shape index (κ3) is 4.46. The van der Waals surface area contributed by atoms with Crippen LogP contribution in [0.15, 0.2) is 54.6 Å². The zero-order valence-electron chi connectivity index (χ0n) is 18.3. The number of fused-ring (bicyclic) bond motifs is 2. The predicted octanol–water partition coefficient (Wildman–Crippen LogP) is 5.21. The van der Waals surface area contributed by atoms with E-state index < -0.39 is 14.8 Å². The molecule has 0 aromatic heterocycles. The van der Waals surface area contributed by atoms with Gasteiger partial charge in [0, 0.05) is 22.7 Å². The lowest BCUT2D eigenvalue weighted by Gasteiger charge is -2.31. The Morgan fingerprint density at radius 1 is 0.871 bits per heavy atom. The van der Waals surface area contributed by atoms with Crippen LogP contribution < -0.4 is 10.0 Å². The van der Waals surface area contributed by atoms with Crippen LogP contribution in [-0.4, -0.2) is 25.1 Å². The van der Waals surface area contributed by atoms with Crippen molar-refractivity contribution < 1.29 is 13.2 Å². The summed E-state index contributed by atoms with van der Waals surface area (Å²) >= 11 is 0. The molecule has 0 saturated heterocycles. The minimum atomic E-state index is -3.38. The van der Waals surface area contributed by atoms with Gasteiger partial charge in [0.2, 0.25) is 15.9 Å². The molecule has 0 spiro atoms. The SMILES string of the molecule is CC(C)(C)S(=O)(=O)N[C@H]1CC[C@H](C(=O)Nc2c3ccccc3cc3ccccc23)CC1. The van der Waals surface area contributed by atoms with Gasteiger partial charge >= 0.3 is 0 Å². The van der Waals surface area contributed by atoms with Gasteiger partial charge in [-0.25, -0.2) is 13.1 Å². The largest absolute Gasteiger partial charge is 0.325 e. The normalized spacial score (nSPS) is 20.1. The summed E-state index contributed by atoms with van der Waals surface area (Å²) in [6, 6.07) is 18.2. The summed E-state index contributed by atoms with van der Waals surface area (Å²) in [6.07, 6.45) is 2.69. The highest BCUT2D eigenvalue weighted by Gasteiger charge is 2.34. The maximum Gasteiger partial charge on any atom is 0.227 e. The Kier molecular flexibility index (Phi) is 5.79. The summed E-state index contributed by atoms with van der Waals surface area (Å²) in [5.41, 5.74) is 0.856. The lowest BCUT2D eigenvalue weighted by molar-refractivity contribution is -0.120. The smallest absolute Gasteiger partial charge is 0.227 e. The quantitative estimate of drug-likeness (QED) is 0.549. The van der Waals surface area contributed by atoms with Crippen LogP contribution >= 0.6 is 0 Å². The van der Waals surface area contributed by atoms with Crippen LogP contribution in [0.1, 0.15) is 46.5 Å². The predicted molar refractivity (Wildman–Crippen MR) is 128 cm³/mol. The van der Waals surface area contributed by atoms with Crippen molar-refractivity contribution in [2.45, 2.75) is 57.2 Å². The fraction of sp³-hybridized carbons (Fsp3) is 0.400. The van der Waals surface area contributed by atoms with E-state index in [1.54, 1.807) is 20.8 Å². The number of amides is 1. The van der Waals surface area contributed by atoms with Crippen LogP contribution in [0.2, 0.25) is 0 Å². The van der Waals surface area contributed by atoms with Crippen LogP contribution in [0.25, 0.3) is 21.5 Å². The van der Waals surface area contributed by atoms with E-state index in [1.807, 2.05) is 36.4 Å². The molecule has 3 aromatic rings. The van der Waals surface area contributed by atoms with Gasteiger partial charge in [-0.05, 0) is 63.3 Å². The number of anilines is 1. The molecule has 3 aromatic carbocycles. The first-order valence-electron chi connectivity index (χ1n) is 10.9. The summed E-state index contributed by atoms with van der Waals surface area (Å²) in [7, 11) is -3.38. The van der Waals surface area contributed by atoms with Crippen molar-refractivity contribution in [2.75, 3.05) is 5.32 Å². The van der Waals surface area contributed by atoms with Gasteiger partial charge < -0.3 is 5.32 Å². The maximum atomic E-state index is 13.2. The zero-order valence-corrected chi connectivity index (χ0v) is 19.1. The van der Waals surface area contributed by atoms with E-state index in [4.69, 9.17) is 0 Å². The molecule has 4 rings (SSSR count). The maximum absolute atomic E-state index is 13.2. The monoisotopic (exact) mass is 438 g/mol. The number of hydrogen-bond acceptors (Lipinski definition) is 3. The molecule has 5 nitrogen and oxygen atoms in total. The molecule has 0 bridgehead atoms. The standard InChI is InChI=1S/C25H30N2O3S/c1-25(2,3)31(29,30)27-20-14-12-17(13-15-20)24(28)26-23-21-10-6-4-8-18(21)16-19-9-5-7-11-22(19)23/h4-11,16-17,20,27H,12-15H2,1-3H3,(H,26,28)/t17-,20-. The van der Waals surface area contributed by atoms with Gasteiger partial charge in [0.1, 0.15) is 0 Å². The molecule has 1 aliphatic rings. The molecule has 1 fully saturated rings. The van der Waals surface area contributed by atoms with E-state index in [1.165, 1.54) is 0 Å². The Morgan fingerprint density at radius 2 is 1.39 bits per heavy atom. The highest BCUT2D eigenvalue weighted by Crippen LogP contribution is 2.34. The van der Waals surface area contributed by atoms with Gasteiger partial charge in [-0.1, -0.05) is 48.5 Å². The van der Waals surface area contributed by atoms with Crippen molar-refractivity contribution in [2.24, 2.45) is 5.92 Å². The Labute approximate surface area is 184 Å². The van der Waals surface area contributed by atoms with Gasteiger partial charge in [-0.2, -0.15) is 0 Å². The lowest BCUT2D eigenvalue weighted by atomic mass is 9.85. The molecule has 0 radical (unpaired) electrons. The molecule has 2 N–H and O–H groups in total. The van der Waals surface area contributed by atoms with E-state index >= 15 is 0 Å². The Morgan fingerprint density at radius 3 is 1.90 bits per heavy atom. The summed E-state index contributed by atoms with van der Waals surface area (Å²) < 4.78 is 26.9. The van der Waals surface area contributed by atoms with Gasteiger partial charge in [-0.15, -0.1) is 0 Å². The highest BCUT2D eigenvalue weighted by molar-refractivity contribution is 7.90. The molecule has 1 amide bonds. The second-order valence-electron chi connectivity index (χ2n) is 9.47. The van der Waals surface area contributed by atoms with E-state index in [-0.39, 0.29) is 17.9 Å². The summed E-state index contributed by atoms with van der Waals surface area (Å²) in [5.74, 6) is -0.105. The van der Waals surface area contributed by atoms with Crippen molar-refractivity contribution >= 4 is 43.2 Å². The minimum absolute atomic E-state index is 0.0126. The second-order valence-corrected chi connectivity index (χ2v) is 11.9. The molecule has 31 heavy (non-hydrogen) atoms. The number of carbonyl (C=O) groups is 1. The average molecular weight is 439 g/mol. The van der Waals surface area contributed by atoms with Crippen LogP contribution in [0.3, 0.4) is 0 Å². The first-order valence-corrected chi connectivity index (χ1v) is 12.4. The van der Waals surface area contributed by atoms with Crippen LogP contribution in [0.5, 0.6) is 0 Å². The molecule has 164 valence electrons. The van der Waals surface area contributed by atoms with Gasteiger partial charge in [0.25, 0.3) is 0 Å². The molecule has 1 aliphatic carbocycles. The number of rotatable bonds is 4. The first kappa shape index (κ1) is 21.8. The Balaban J connectivity index is 1.50. The van der Waals surface area contributed by atoms with E-state index in [0.29, 0.717) is 25.7 Å². The number of nitrogens with one attached hydrogen (secondary N) is 2. The van der Waals surface area contributed by atoms with E-state index in [2.05, 4.69) is 28.2 Å². The number of benzene rings is 3.